The lowest BCUT2D eigenvalue weighted by molar-refractivity contribution is 0.327. The summed E-state index contributed by atoms with van der Waals surface area (Å²) in [6.07, 6.45) is 5.47. The monoisotopic (exact) mass is 836 g/mol. The molecule has 304 valence electrons. The maximum atomic E-state index is 2.56. The molecule has 0 amide bonds. The van der Waals surface area contributed by atoms with Crippen LogP contribution < -0.4 is 4.90 Å². The number of aromatic nitrogens is 1. The van der Waals surface area contributed by atoms with Gasteiger partial charge in [0, 0.05) is 59.1 Å². The number of hydrogen-bond donors (Lipinski definition) is 0. The molecule has 2 fully saturated rings. The molecule has 3 aliphatic carbocycles. The molecule has 3 heteroatoms. The highest BCUT2D eigenvalue weighted by Crippen LogP contribution is 2.66. The van der Waals surface area contributed by atoms with Crippen molar-refractivity contribution in [3.63, 3.8) is 0 Å². The van der Waals surface area contributed by atoms with Crippen molar-refractivity contribution < 1.29 is 0 Å². The molecule has 3 aliphatic rings. The largest absolute Gasteiger partial charge is 0.310 e. The van der Waals surface area contributed by atoms with E-state index < -0.39 is 0 Å². The Morgan fingerprint density at radius 2 is 1.05 bits per heavy atom. The van der Waals surface area contributed by atoms with Gasteiger partial charge in [0.05, 0.1) is 11.0 Å². The van der Waals surface area contributed by atoms with Crippen LogP contribution in [0.5, 0.6) is 0 Å². The molecule has 2 nitrogen and oxygen atoms in total. The lowest BCUT2D eigenvalue weighted by Gasteiger charge is -2.36. The molecule has 2 bridgehead atoms. The van der Waals surface area contributed by atoms with Gasteiger partial charge in [0.25, 0.3) is 0 Å². The van der Waals surface area contributed by atoms with Gasteiger partial charge in [-0.25, -0.2) is 0 Å². The van der Waals surface area contributed by atoms with Crippen molar-refractivity contribution in [3.05, 3.63) is 217 Å². The van der Waals surface area contributed by atoms with Gasteiger partial charge in [-0.3, -0.25) is 0 Å². The second-order valence-corrected chi connectivity index (χ2v) is 19.6. The first kappa shape index (κ1) is 36.3. The predicted octanol–water partition coefficient (Wildman–Crippen LogP) is 17.0. The fraction of sp³-hybridized carbons (Fsp3) is 0.115. The summed E-state index contributed by atoms with van der Waals surface area (Å²) in [5.74, 6) is 1.63. The van der Waals surface area contributed by atoms with Gasteiger partial charge in [0.15, 0.2) is 0 Å². The van der Waals surface area contributed by atoms with Gasteiger partial charge in [-0.2, -0.15) is 0 Å². The summed E-state index contributed by atoms with van der Waals surface area (Å²) in [6, 6.07) is 77.3. The van der Waals surface area contributed by atoms with Crippen LogP contribution in [0.2, 0.25) is 0 Å². The minimum atomic E-state index is 0.191. The van der Waals surface area contributed by atoms with Crippen LogP contribution in [0.4, 0.5) is 17.1 Å². The predicted molar refractivity (Wildman–Crippen MR) is 271 cm³/mol. The van der Waals surface area contributed by atoms with Gasteiger partial charge in [0.1, 0.15) is 0 Å². The minimum Gasteiger partial charge on any atom is -0.310 e. The van der Waals surface area contributed by atoms with Crippen LogP contribution in [-0.4, -0.2) is 4.57 Å². The zero-order valence-electron chi connectivity index (χ0n) is 35.4. The maximum Gasteiger partial charge on any atom is 0.0542 e. The first-order valence-electron chi connectivity index (χ1n) is 22.9. The summed E-state index contributed by atoms with van der Waals surface area (Å²) in [6.45, 7) is 0. The molecule has 64 heavy (non-hydrogen) atoms. The van der Waals surface area contributed by atoms with E-state index in [1.807, 2.05) is 11.3 Å². The van der Waals surface area contributed by atoms with Gasteiger partial charge in [-0.15, -0.1) is 11.3 Å². The van der Waals surface area contributed by atoms with Crippen molar-refractivity contribution in [1.82, 2.24) is 4.57 Å². The molecule has 2 heterocycles. The Morgan fingerprint density at radius 3 is 1.84 bits per heavy atom. The molecule has 0 saturated heterocycles. The number of hydrogen-bond acceptors (Lipinski definition) is 2. The molecule has 14 rings (SSSR count). The van der Waals surface area contributed by atoms with Crippen LogP contribution in [-0.2, 0) is 5.41 Å². The molecule has 0 radical (unpaired) electrons. The maximum absolute atomic E-state index is 2.56. The molecule has 11 aromatic rings. The number of para-hydroxylation sites is 2. The number of fused-ring (bicyclic) bond motifs is 14. The number of anilines is 3. The topological polar surface area (TPSA) is 8.17 Å². The highest BCUT2D eigenvalue weighted by atomic mass is 32.1. The third kappa shape index (κ3) is 5.31. The Labute approximate surface area is 377 Å². The number of rotatable bonds is 6. The Kier molecular flexibility index (Phi) is 7.88. The fourth-order valence-corrected chi connectivity index (χ4v) is 13.6. The van der Waals surface area contributed by atoms with Gasteiger partial charge in [0.2, 0.25) is 0 Å². The molecular weight excluding hydrogens is 793 g/mol. The van der Waals surface area contributed by atoms with Crippen LogP contribution in [0.25, 0.3) is 81.0 Å². The summed E-state index contributed by atoms with van der Waals surface area (Å²) in [7, 11) is 0. The summed E-state index contributed by atoms with van der Waals surface area (Å²) in [5, 5.41) is 5.08. The highest BCUT2D eigenvalue weighted by Gasteiger charge is 2.56. The molecule has 2 aromatic heterocycles. The Bertz CT molecular complexity index is 3630. The van der Waals surface area contributed by atoms with Crippen LogP contribution in [0.3, 0.4) is 0 Å². The number of thiophene rings is 1. The van der Waals surface area contributed by atoms with Crippen LogP contribution in [0.15, 0.2) is 206 Å². The number of benzene rings is 9. The Balaban J connectivity index is 0.844. The average Bonchev–Trinajstić information content (AvgIpc) is 4.19. The smallest absolute Gasteiger partial charge is 0.0542 e. The lowest BCUT2D eigenvalue weighted by Crippen LogP contribution is -2.31. The lowest BCUT2D eigenvalue weighted by atomic mass is 9.66. The molecule has 0 aliphatic heterocycles. The van der Waals surface area contributed by atoms with E-state index >= 15 is 0 Å². The van der Waals surface area contributed by atoms with E-state index in [1.54, 1.807) is 11.1 Å². The zero-order chi connectivity index (χ0) is 41.9. The van der Waals surface area contributed by atoms with Crippen molar-refractivity contribution in [2.45, 2.75) is 31.1 Å². The summed E-state index contributed by atoms with van der Waals surface area (Å²) < 4.78 is 5.01. The van der Waals surface area contributed by atoms with Gasteiger partial charge in [-0.1, -0.05) is 134 Å². The van der Waals surface area contributed by atoms with Crippen molar-refractivity contribution in [1.29, 1.82) is 0 Å². The molecule has 0 N–H and O–H groups in total. The van der Waals surface area contributed by atoms with Gasteiger partial charge < -0.3 is 9.47 Å². The Hall–Kier alpha value is -7.20. The van der Waals surface area contributed by atoms with Crippen LogP contribution in [0, 0.1) is 11.8 Å². The van der Waals surface area contributed by atoms with E-state index in [4.69, 9.17) is 0 Å². The van der Waals surface area contributed by atoms with Crippen molar-refractivity contribution in [3.8, 4) is 39.1 Å². The first-order chi connectivity index (χ1) is 31.7. The van der Waals surface area contributed by atoms with E-state index in [-0.39, 0.29) is 5.41 Å². The SMILES string of the molecule is c1ccc(-n2c3ccccc3c3cc(N(c4ccc(-c5ccc(-c6ccc7c(c6)C6(CC8CCC6C8)c6ccccc6-7)cc5)cc4)c4ccc5sc6ccccc6c5c4)ccc32)cc1. The second kappa shape index (κ2) is 13.9. The van der Waals surface area contributed by atoms with E-state index in [2.05, 4.69) is 216 Å². The standard InChI is InChI=1S/C61H44N2S/c1-2-10-45(11-3-1)63-57-16-8-5-13-51(57)53-36-47(29-32-58(53)63)62(48-30-33-60-54(37-48)52-14-6-9-17-59(52)64-60)46-27-23-41(24-28-46)40-19-21-42(22-20-40)43-25-31-50-49-12-4-7-15-55(49)61(56(50)35-43)38-39-18-26-44(61)34-39/h1-17,19-25,27-33,35-37,39,44H,18,26,34,38H2. The third-order valence-corrected chi connectivity index (χ3v) is 16.4. The molecule has 3 atom stereocenters. The number of nitrogens with zero attached hydrogens (tertiary/aromatic N) is 2. The second-order valence-electron chi connectivity index (χ2n) is 18.5. The summed E-state index contributed by atoms with van der Waals surface area (Å²) in [4.78, 5) is 2.43. The van der Waals surface area contributed by atoms with Crippen LogP contribution >= 0.6 is 11.3 Å². The molecule has 3 unspecified atom stereocenters. The zero-order valence-corrected chi connectivity index (χ0v) is 36.2. The summed E-state index contributed by atoms with van der Waals surface area (Å²) in [5.41, 5.74) is 18.3. The van der Waals surface area contributed by atoms with E-state index in [9.17, 15) is 0 Å². The molecular formula is C61H44N2S. The van der Waals surface area contributed by atoms with E-state index in [1.165, 1.54) is 107 Å². The molecule has 9 aromatic carbocycles. The van der Waals surface area contributed by atoms with E-state index in [0.717, 1.165) is 28.9 Å². The van der Waals surface area contributed by atoms with E-state index in [0.29, 0.717) is 0 Å². The average molecular weight is 837 g/mol. The van der Waals surface area contributed by atoms with Crippen molar-refractivity contribution in [2.75, 3.05) is 4.90 Å². The quantitative estimate of drug-likeness (QED) is 0.162. The van der Waals surface area contributed by atoms with Crippen molar-refractivity contribution >= 4 is 70.4 Å². The normalized spacial score (nSPS) is 18.4. The van der Waals surface area contributed by atoms with Gasteiger partial charge in [-0.05, 0) is 154 Å². The third-order valence-electron chi connectivity index (χ3n) is 15.3. The fourth-order valence-electron chi connectivity index (χ4n) is 12.5. The van der Waals surface area contributed by atoms with Gasteiger partial charge >= 0.3 is 0 Å². The van der Waals surface area contributed by atoms with Crippen molar-refractivity contribution in [2.24, 2.45) is 11.8 Å². The highest BCUT2D eigenvalue weighted by molar-refractivity contribution is 7.25. The first-order valence-corrected chi connectivity index (χ1v) is 23.7. The Morgan fingerprint density at radius 1 is 0.438 bits per heavy atom. The minimum absolute atomic E-state index is 0.191. The summed E-state index contributed by atoms with van der Waals surface area (Å²) >= 11 is 1.86. The molecule has 2 saturated carbocycles. The molecule has 1 spiro atoms. The van der Waals surface area contributed by atoms with Crippen LogP contribution in [0.1, 0.15) is 36.8 Å².